The molecule has 142 valence electrons. The van der Waals surface area contributed by atoms with Gasteiger partial charge in [-0.05, 0) is 31.2 Å². The lowest BCUT2D eigenvalue weighted by Gasteiger charge is -2.16. The van der Waals surface area contributed by atoms with Crippen molar-refractivity contribution < 1.29 is 4.79 Å². The molecule has 0 spiro atoms. The van der Waals surface area contributed by atoms with Crippen LogP contribution in [-0.2, 0) is 31.1 Å². The fraction of sp³-hybridized carbons (Fsp3) is 0.611. The molecule has 1 amide bonds. The molecule has 2 N–H and O–H groups in total. The maximum absolute atomic E-state index is 12.6. The van der Waals surface area contributed by atoms with Gasteiger partial charge in [0.1, 0.15) is 0 Å². The summed E-state index contributed by atoms with van der Waals surface area (Å²) in [5.74, 6) is 0.328. The first-order valence-corrected chi connectivity index (χ1v) is 9.97. The summed E-state index contributed by atoms with van der Waals surface area (Å²) < 4.78 is 1.80. The van der Waals surface area contributed by atoms with E-state index in [0.717, 1.165) is 31.5 Å². The Kier molecular flexibility index (Phi) is 6.32. The van der Waals surface area contributed by atoms with Crippen molar-refractivity contribution in [1.29, 1.82) is 0 Å². The first-order chi connectivity index (χ1) is 12.2. The minimum atomic E-state index is -0.0197. The molecule has 0 bridgehead atoms. The SMILES string of the molecule is Cl.Cn1cc([C@H]2CNC[C@@H]2C(=O)NCCc2nc3c(s2)CCCC3)cn1. The lowest BCUT2D eigenvalue weighted by molar-refractivity contribution is -0.124. The number of rotatable bonds is 5. The number of halogens is 1. The molecule has 0 saturated carbocycles. The van der Waals surface area contributed by atoms with Crippen LogP contribution in [0.2, 0.25) is 0 Å². The minimum absolute atomic E-state index is 0. The van der Waals surface area contributed by atoms with E-state index in [2.05, 4.69) is 15.7 Å². The largest absolute Gasteiger partial charge is 0.355 e. The van der Waals surface area contributed by atoms with Crippen LogP contribution in [0.5, 0.6) is 0 Å². The highest BCUT2D eigenvalue weighted by Gasteiger charge is 2.34. The second-order valence-corrected chi connectivity index (χ2v) is 8.21. The third-order valence-electron chi connectivity index (χ3n) is 5.23. The molecule has 0 unspecified atom stereocenters. The Morgan fingerprint density at radius 1 is 1.38 bits per heavy atom. The highest BCUT2D eigenvalue weighted by Crippen LogP contribution is 2.28. The average molecular weight is 396 g/mol. The molecule has 1 fully saturated rings. The molecule has 3 heterocycles. The molecule has 8 heteroatoms. The second kappa shape index (κ2) is 8.50. The van der Waals surface area contributed by atoms with Gasteiger partial charge in [-0.3, -0.25) is 9.48 Å². The van der Waals surface area contributed by atoms with Gasteiger partial charge < -0.3 is 10.6 Å². The maximum atomic E-state index is 12.6. The summed E-state index contributed by atoms with van der Waals surface area (Å²) in [6.45, 7) is 2.24. The zero-order valence-electron chi connectivity index (χ0n) is 15.0. The molecule has 1 saturated heterocycles. The molecule has 6 nitrogen and oxygen atoms in total. The van der Waals surface area contributed by atoms with Crippen LogP contribution in [0.3, 0.4) is 0 Å². The molecule has 2 aromatic rings. The Labute approximate surface area is 164 Å². The number of fused-ring (bicyclic) bond motifs is 1. The zero-order valence-corrected chi connectivity index (χ0v) is 16.7. The van der Waals surface area contributed by atoms with Crippen LogP contribution in [0.25, 0.3) is 0 Å². The van der Waals surface area contributed by atoms with Crippen molar-refractivity contribution in [1.82, 2.24) is 25.4 Å². The molecule has 1 aliphatic carbocycles. The predicted octanol–water partition coefficient (Wildman–Crippen LogP) is 1.84. The Morgan fingerprint density at radius 3 is 3.00 bits per heavy atom. The number of hydrogen-bond donors (Lipinski definition) is 2. The van der Waals surface area contributed by atoms with Crippen molar-refractivity contribution in [3.05, 3.63) is 33.5 Å². The Hall–Kier alpha value is -1.44. The number of thiazole rings is 1. The predicted molar refractivity (Wildman–Crippen MR) is 105 cm³/mol. The van der Waals surface area contributed by atoms with Gasteiger partial charge in [0.15, 0.2) is 0 Å². The van der Waals surface area contributed by atoms with Crippen molar-refractivity contribution in [2.45, 2.75) is 38.0 Å². The average Bonchev–Trinajstić information content (AvgIpc) is 3.32. The Balaban J connectivity index is 0.00000196. The minimum Gasteiger partial charge on any atom is -0.355 e. The van der Waals surface area contributed by atoms with Gasteiger partial charge in [0.25, 0.3) is 0 Å². The molecule has 2 aromatic heterocycles. The van der Waals surface area contributed by atoms with Gasteiger partial charge in [-0.25, -0.2) is 4.98 Å². The van der Waals surface area contributed by atoms with Crippen LogP contribution in [0.4, 0.5) is 0 Å². The first kappa shape index (κ1) is 19.3. The molecule has 1 aliphatic heterocycles. The molecular weight excluding hydrogens is 370 g/mol. The number of hydrogen-bond acceptors (Lipinski definition) is 5. The normalized spacial score (nSPS) is 21.9. The van der Waals surface area contributed by atoms with Gasteiger partial charge in [0.05, 0.1) is 22.8 Å². The number of nitrogens with one attached hydrogen (secondary N) is 2. The summed E-state index contributed by atoms with van der Waals surface area (Å²) in [5, 5.41) is 11.9. The van der Waals surface area contributed by atoms with E-state index in [1.165, 1.54) is 34.8 Å². The van der Waals surface area contributed by atoms with Crippen LogP contribution >= 0.6 is 23.7 Å². The van der Waals surface area contributed by atoms with Gasteiger partial charge >= 0.3 is 0 Å². The zero-order chi connectivity index (χ0) is 17.2. The van der Waals surface area contributed by atoms with E-state index in [1.54, 1.807) is 4.68 Å². The van der Waals surface area contributed by atoms with Crippen LogP contribution in [0, 0.1) is 5.92 Å². The first-order valence-electron chi connectivity index (χ1n) is 9.15. The second-order valence-electron chi connectivity index (χ2n) is 7.04. The number of amides is 1. The maximum Gasteiger partial charge on any atom is 0.225 e. The van der Waals surface area contributed by atoms with Gasteiger partial charge in [-0.1, -0.05) is 0 Å². The van der Waals surface area contributed by atoms with Crippen molar-refractivity contribution in [3.8, 4) is 0 Å². The molecular formula is C18H26ClN5OS. The van der Waals surface area contributed by atoms with E-state index in [1.807, 2.05) is 30.8 Å². The summed E-state index contributed by atoms with van der Waals surface area (Å²) in [4.78, 5) is 18.8. The number of aromatic nitrogens is 3. The Morgan fingerprint density at radius 2 is 2.23 bits per heavy atom. The van der Waals surface area contributed by atoms with Crippen LogP contribution in [0.1, 0.15) is 39.9 Å². The van der Waals surface area contributed by atoms with Crippen molar-refractivity contribution in [2.75, 3.05) is 19.6 Å². The molecule has 0 radical (unpaired) electrons. The van der Waals surface area contributed by atoms with E-state index in [-0.39, 0.29) is 30.2 Å². The third-order valence-corrected chi connectivity index (χ3v) is 6.45. The lowest BCUT2D eigenvalue weighted by Crippen LogP contribution is -2.35. The molecule has 4 rings (SSSR count). The topological polar surface area (TPSA) is 71.8 Å². The fourth-order valence-corrected chi connectivity index (χ4v) is 5.03. The molecule has 2 aliphatic rings. The summed E-state index contributed by atoms with van der Waals surface area (Å²) in [6, 6.07) is 0. The van der Waals surface area contributed by atoms with Crippen LogP contribution in [0.15, 0.2) is 12.4 Å². The van der Waals surface area contributed by atoms with Crippen LogP contribution in [-0.4, -0.2) is 40.3 Å². The number of nitrogens with zero attached hydrogens (tertiary/aromatic N) is 3. The molecule has 26 heavy (non-hydrogen) atoms. The van der Waals surface area contributed by atoms with Crippen molar-refractivity contribution in [3.63, 3.8) is 0 Å². The summed E-state index contributed by atoms with van der Waals surface area (Å²) >= 11 is 1.83. The summed E-state index contributed by atoms with van der Waals surface area (Å²) in [7, 11) is 1.91. The van der Waals surface area contributed by atoms with E-state index >= 15 is 0 Å². The quantitative estimate of drug-likeness (QED) is 0.810. The summed E-state index contributed by atoms with van der Waals surface area (Å²) in [5.41, 5.74) is 2.44. The van der Waals surface area contributed by atoms with Gasteiger partial charge in [-0.2, -0.15) is 5.10 Å². The lowest BCUT2D eigenvalue weighted by atomic mass is 9.90. The van der Waals surface area contributed by atoms with Crippen LogP contribution < -0.4 is 10.6 Å². The van der Waals surface area contributed by atoms with Gasteiger partial charge in [0, 0.05) is 50.1 Å². The summed E-state index contributed by atoms with van der Waals surface area (Å²) in [6.07, 6.45) is 9.57. The molecule has 2 atom stereocenters. The number of aryl methyl sites for hydroxylation is 3. The highest BCUT2D eigenvalue weighted by molar-refractivity contribution is 7.11. The standard InChI is InChI=1S/C18H25N5OS.ClH/c1-23-11-12(8-21-23)13-9-19-10-14(13)18(24)20-7-6-17-22-15-4-2-3-5-16(15)25-17;/h8,11,13-14,19H,2-7,9-10H2,1H3,(H,20,24);1H/t13-,14+;/m1./s1. The third kappa shape index (κ3) is 4.10. The highest BCUT2D eigenvalue weighted by atomic mass is 35.5. The number of carbonyl (C=O) groups is 1. The van der Waals surface area contributed by atoms with E-state index in [0.29, 0.717) is 6.54 Å². The monoisotopic (exact) mass is 395 g/mol. The fourth-order valence-electron chi connectivity index (χ4n) is 3.87. The van der Waals surface area contributed by atoms with Gasteiger partial charge in [-0.15, -0.1) is 23.7 Å². The van der Waals surface area contributed by atoms with E-state index < -0.39 is 0 Å². The van der Waals surface area contributed by atoms with Gasteiger partial charge in [0.2, 0.25) is 5.91 Å². The van der Waals surface area contributed by atoms with E-state index in [4.69, 9.17) is 4.98 Å². The smallest absolute Gasteiger partial charge is 0.225 e. The van der Waals surface area contributed by atoms with E-state index in [9.17, 15) is 4.79 Å². The van der Waals surface area contributed by atoms with Crippen molar-refractivity contribution in [2.24, 2.45) is 13.0 Å². The number of carbonyl (C=O) groups excluding carboxylic acids is 1. The van der Waals surface area contributed by atoms with Crippen molar-refractivity contribution >= 4 is 29.7 Å². The Bertz CT molecular complexity index is 735. The molecule has 0 aromatic carbocycles.